The van der Waals surface area contributed by atoms with Gasteiger partial charge in [0.05, 0.1) is 17.1 Å². The van der Waals surface area contributed by atoms with Crippen LogP contribution in [0.25, 0.3) is 11.0 Å². The molecule has 1 aliphatic rings. The van der Waals surface area contributed by atoms with Crippen molar-refractivity contribution >= 4 is 28.3 Å². The maximum atomic E-state index is 13.4. The van der Waals surface area contributed by atoms with E-state index in [1.54, 1.807) is 34.4 Å². The van der Waals surface area contributed by atoms with Crippen molar-refractivity contribution < 1.29 is 18.0 Å². The van der Waals surface area contributed by atoms with Crippen LogP contribution in [0, 0.1) is 0 Å². The maximum absolute atomic E-state index is 13.4. The molecule has 4 rings (SSSR count). The van der Waals surface area contributed by atoms with Gasteiger partial charge in [0.25, 0.3) is 0 Å². The third-order valence-electron chi connectivity index (χ3n) is 4.65. The average Bonchev–Trinajstić information content (AvgIpc) is 3.33. The van der Waals surface area contributed by atoms with Gasteiger partial charge in [-0.2, -0.15) is 13.2 Å². The Bertz CT molecular complexity index is 933. The van der Waals surface area contributed by atoms with Crippen molar-refractivity contribution in [2.75, 3.05) is 6.54 Å². The molecule has 2 aromatic heterocycles. The number of nitrogens with zero attached hydrogens (tertiary/aromatic N) is 3. The highest BCUT2D eigenvalue weighted by Crippen LogP contribution is 2.36. The monoisotopic (exact) mass is 379 g/mol. The Kier molecular flexibility index (Phi) is 4.22. The largest absolute Gasteiger partial charge is 0.449 e. The number of thiophene rings is 1. The lowest BCUT2D eigenvalue weighted by Crippen LogP contribution is -2.34. The zero-order chi connectivity index (χ0) is 18.3. The summed E-state index contributed by atoms with van der Waals surface area (Å²) in [6.07, 6.45) is -2.92. The molecule has 0 aliphatic carbocycles. The molecule has 0 saturated carbocycles. The molecule has 1 aromatic carbocycles. The van der Waals surface area contributed by atoms with E-state index >= 15 is 0 Å². The van der Waals surface area contributed by atoms with Crippen molar-refractivity contribution in [3.8, 4) is 0 Å². The molecule has 8 heteroatoms. The van der Waals surface area contributed by atoms with Crippen molar-refractivity contribution in [3.63, 3.8) is 0 Å². The van der Waals surface area contributed by atoms with Crippen LogP contribution in [0.2, 0.25) is 0 Å². The Morgan fingerprint density at radius 1 is 1.23 bits per heavy atom. The molecule has 26 heavy (non-hydrogen) atoms. The van der Waals surface area contributed by atoms with E-state index in [9.17, 15) is 18.0 Å². The maximum Gasteiger partial charge on any atom is 0.449 e. The van der Waals surface area contributed by atoms with E-state index in [0.29, 0.717) is 12.1 Å². The van der Waals surface area contributed by atoms with Crippen molar-refractivity contribution in [2.45, 2.75) is 31.6 Å². The molecule has 1 unspecified atom stereocenters. The van der Waals surface area contributed by atoms with E-state index in [1.165, 1.54) is 6.07 Å². The number of likely N-dealkylation sites (tertiary alicyclic amines) is 1. The summed E-state index contributed by atoms with van der Waals surface area (Å²) in [6, 6.07) is 10.2. The van der Waals surface area contributed by atoms with Gasteiger partial charge in [0.2, 0.25) is 11.7 Å². The van der Waals surface area contributed by atoms with E-state index in [-0.39, 0.29) is 24.0 Å². The molecule has 1 saturated heterocycles. The number of carbonyl (C=O) groups excluding carboxylic acids is 1. The van der Waals surface area contributed by atoms with Crippen LogP contribution < -0.4 is 0 Å². The summed E-state index contributed by atoms with van der Waals surface area (Å²) in [5.74, 6) is -1.34. The summed E-state index contributed by atoms with van der Waals surface area (Å²) in [7, 11) is 0. The normalized spacial score (nSPS) is 18.0. The smallest absolute Gasteiger partial charge is 0.333 e. The number of rotatable bonds is 3. The van der Waals surface area contributed by atoms with Crippen molar-refractivity contribution in [2.24, 2.45) is 0 Å². The topological polar surface area (TPSA) is 38.1 Å². The van der Waals surface area contributed by atoms with Crippen LogP contribution in [0.5, 0.6) is 0 Å². The quantitative estimate of drug-likeness (QED) is 0.673. The molecule has 4 nitrogen and oxygen atoms in total. The summed E-state index contributed by atoms with van der Waals surface area (Å²) >= 11 is 1.57. The Hall–Kier alpha value is -2.35. The van der Waals surface area contributed by atoms with Crippen LogP contribution in [-0.2, 0) is 17.5 Å². The Morgan fingerprint density at radius 3 is 2.77 bits per heavy atom. The second-order valence-electron chi connectivity index (χ2n) is 6.27. The van der Waals surface area contributed by atoms with Gasteiger partial charge in [0, 0.05) is 11.4 Å². The minimum atomic E-state index is -4.61. The molecule has 0 N–H and O–H groups in total. The first-order chi connectivity index (χ1) is 12.4. The molecule has 136 valence electrons. The van der Waals surface area contributed by atoms with Crippen molar-refractivity contribution in [1.82, 2.24) is 14.5 Å². The minimum Gasteiger partial charge on any atom is -0.333 e. The third kappa shape index (κ3) is 2.98. The Balaban J connectivity index is 1.67. The third-order valence-corrected chi connectivity index (χ3v) is 5.62. The highest BCUT2D eigenvalue weighted by molar-refractivity contribution is 7.10. The molecule has 3 heterocycles. The Morgan fingerprint density at radius 2 is 2.04 bits per heavy atom. The Labute approximate surface area is 151 Å². The lowest BCUT2D eigenvalue weighted by Gasteiger charge is -2.24. The summed E-state index contributed by atoms with van der Waals surface area (Å²) in [5.41, 5.74) is 0.559. The minimum absolute atomic E-state index is 0.0494. The van der Waals surface area contributed by atoms with Crippen LogP contribution >= 0.6 is 11.3 Å². The standard InChI is InChI=1S/C18H16F3N3OS/c19-18(20,21)17-22-12-5-1-2-6-13(12)24(17)11-16(25)23-9-3-7-14(23)15-8-4-10-26-15/h1-2,4-6,8,10,14H,3,7,9,11H2. The predicted molar refractivity (Wildman–Crippen MR) is 92.7 cm³/mol. The molecule has 3 aromatic rings. The number of fused-ring (bicyclic) bond motifs is 1. The number of amides is 1. The number of carbonyl (C=O) groups is 1. The number of halogens is 3. The molecular weight excluding hydrogens is 363 g/mol. The first-order valence-corrected chi connectivity index (χ1v) is 9.18. The lowest BCUT2D eigenvalue weighted by molar-refractivity contribution is -0.148. The molecule has 0 bridgehead atoms. The summed E-state index contributed by atoms with van der Waals surface area (Å²) in [4.78, 5) is 19.3. The first-order valence-electron chi connectivity index (χ1n) is 8.30. The highest BCUT2D eigenvalue weighted by Gasteiger charge is 2.39. The SMILES string of the molecule is O=C(Cn1c(C(F)(F)F)nc2ccccc21)N1CCCC1c1cccs1. The van der Waals surface area contributed by atoms with E-state index in [2.05, 4.69) is 4.98 Å². The summed E-state index contributed by atoms with van der Waals surface area (Å²) in [6.45, 7) is 0.201. The number of benzene rings is 1. The predicted octanol–water partition coefficient (Wildman–Crippen LogP) is 4.48. The molecular formula is C18H16F3N3OS. The van der Waals surface area contributed by atoms with Crippen LogP contribution in [0.4, 0.5) is 13.2 Å². The van der Waals surface area contributed by atoms with Gasteiger partial charge in [0.15, 0.2) is 0 Å². The van der Waals surface area contributed by atoms with E-state index in [1.807, 2.05) is 17.5 Å². The molecule has 1 atom stereocenters. The fraction of sp³-hybridized carbons (Fsp3) is 0.333. The number of hydrogen-bond acceptors (Lipinski definition) is 3. The van der Waals surface area contributed by atoms with E-state index < -0.39 is 12.0 Å². The van der Waals surface area contributed by atoms with Gasteiger partial charge in [-0.3, -0.25) is 4.79 Å². The van der Waals surface area contributed by atoms with Gasteiger partial charge in [-0.15, -0.1) is 11.3 Å². The number of aromatic nitrogens is 2. The molecule has 1 fully saturated rings. The van der Waals surface area contributed by atoms with Crippen LogP contribution in [-0.4, -0.2) is 26.9 Å². The van der Waals surface area contributed by atoms with Crippen molar-refractivity contribution in [3.05, 3.63) is 52.5 Å². The van der Waals surface area contributed by atoms with Crippen LogP contribution in [0.15, 0.2) is 41.8 Å². The average molecular weight is 379 g/mol. The van der Waals surface area contributed by atoms with Gasteiger partial charge < -0.3 is 9.47 Å². The van der Waals surface area contributed by atoms with Gasteiger partial charge in [0.1, 0.15) is 6.54 Å². The van der Waals surface area contributed by atoms with Crippen molar-refractivity contribution in [1.29, 1.82) is 0 Å². The van der Waals surface area contributed by atoms with Crippen LogP contribution in [0.1, 0.15) is 29.6 Å². The molecule has 0 spiro atoms. The fourth-order valence-electron chi connectivity index (χ4n) is 3.52. The number of para-hydroxylation sites is 2. The second kappa shape index (κ2) is 6.42. The highest BCUT2D eigenvalue weighted by atomic mass is 32.1. The summed E-state index contributed by atoms with van der Waals surface area (Å²) in [5, 5.41) is 1.95. The van der Waals surface area contributed by atoms with Gasteiger partial charge in [-0.25, -0.2) is 4.98 Å². The first kappa shape index (κ1) is 17.1. The molecule has 1 amide bonds. The number of hydrogen-bond donors (Lipinski definition) is 0. The van der Waals surface area contributed by atoms with Gasteiger partial charge >= 0.3 is 6.18 Å². The van der Waals surface area contributed by atoms with E-state index in [0.717, 1.165) is 22.3 Å². The molecule has 0 radical (unpaired) electrons. The molecule has 1 aliphatic heterocycles. The zero-order valence-electron chi connectivity index (χ0n) is 13.7. The number of alkyl halides is 3. The van der Waals surface area contributed by atoms with Gasteiger partial charge in [-0.1, -0.05) is 18.2 Å². The fourth-order valence-corrected chi connectivity index (χ4v) is 4.39. The van der Waals surface area contributed by atoms with Crippen LogP contribution in [0.3, 0.4) is 0 Å². The van der Waals surface area contributed by atoms with Gasteiger partial charge in [-0.05, 0) is 36.4 Å². The zero-order valence-corrected chi connectivity index (χ0v) is 14.6. The lowest BCUT2D eigenvalue weighted by atomic mass is 10.2. The number of imidazole rings is 1. The van der Waals surface area contributed by atoms with E-state index in [4.69, 9.17) is 0 Å². The second-order valence-corrected chi connectivity index (χ2v) is 7.25. The summed E-state index contributed by atoms with van der Waals surface area (Å²) < 4.78 is 41.2.